The van der Waals surface area contributed by atoms with Crippen LogP contribution in [0, 0.1) is 11.7 Å². The lowest BCUT2D eigenvalue weighted by atomic mass is 9.77. The molecule has 0 aromatic heterocycles. The van der Waals surface area contributed by atoms with Crippen LogP contribution in [0.25, 0.3) is 22.3 Å². The van der Waals surface area contributed by atoms with Crippen molar-refractivity contribution in [3.05, 3.63) is 96.3 Å². The number of hydrogen-bond donors (Lipinski definition) is 0. The fraction of sp³-hybridized carbons (Fsp3) is 0.417. The SMILES string of the molecule is C=CC(=O)N(C)CCCc1ccc(-c2ccc(-c3ccc(C4CCC(CCCCC)CC4)cc3)cc2F)cc1. The van der Waals surface area contributed by atoms with Gasteiger partial charge in [0.25, 0.3) is 0 Å². The molecule has 0 radical (unpaired) electrons. The van der Waals surface area contributed by atoms with E-state index < -0.39 is 0 Å². The van der Waals surface area contributed by atoms with Crippen molar-refractivity contribution in [3.63, 3.8) is 0 Å². The lowest BCUT2D eigenvalue weighted by molar-refractivity contribution is -0.124. The van der Waals surface area contributed by atoms with Crippen LogP contribution >= 0.6 is 0 Å². The van der Waals surface area contributed by atoms with E-state index in [-0.39, 0.29) is 11.7 Å². The number of likely N-dealkylation sites (N-methyl/N-ethyl adjacent to an activating group) is 1. The molecule has 1 fully saturated rings. The number of amides is 1. The molecule has 2 nitrogen and oxygen atoms in total. The molecular formula is C36H44FNO. The van der Waals surface area contributed by atoms with Crippen LogP contribution in [0.2, 0.25) is 0 Å². The van der Waals surface area contributed by atoms with Crippen molar-refractivity contribution in [1.82, 2.24) is 4.90 Å². The van der Waals surface area contributed by atoms with Crippen molar-refractivity contribution in [1.29, 1.82) is 0 Å². The van der Waals surface area contributed by atoms with E-state index in [4.69, 9.17) is 0 Å². The van der Waals surface area contributed by atoms with Gasteiger partial charge in [-0.05, 0) is 90.3 Å². The highest BCUT2D eigenvalue weighted by Crippen LogP contribution is 2.38. The number of aryl methyl sites for hydroxylation is 1. The van der Waals surface area contributed by atoms with Gasteiger partial charge in [0, 0.05) is 19.2 Å². The third-order valence-electron chi connectivity index (χ3n) is 8.52. The number of unbranched alkanes of at least 4 members (excludes halogenated alkanes) is 2. The Labute approximate surface area is 235 Å². The van der Waals surface area contributed by atoms with Gasteiger partial charge in [-0.1, -0.05) is 99.8 Å². The first-order valence-corrected chi connectivity index (χ1v) is 14.8. The Morgan fingerprint density at radius 3 is 2.21 bits per heavy atom. The normalized spacial score (nSPS) is 17.1. The zero-order valence-electron chi connectivity index (χ0n) is 23.8. The predicted octanol–water partition coefficient (Wildman–Crippen LogP) is 9.59. The number of nitrogens with zero attached hydrogens (tertiary/aromatic N) is 1. The van der Waals surface area contributed by atoms with Crippen molar-refractivity contribution in [2.75, 3.05) is 13.6 Å². The van der Waals surface area contributed by atoms with E-state index in [1.165, 1.54) is 68.6 Å². The lowest BCUT2D eigenvalue weighted by Gasteiger charge is -2.29. The number of hydrogen-bond acceptors (Lipinski definition) is 1. The molecule has 0 N–H and O–H groups in total. The van der Waals surface area contributed by atoms with Crippen LogP contribution in [0.3, 0.4) is 0 Å². The third kappa shape index (κ3) is 7.91. The molecule has 0 heterocycles. The van der Waals surface area contributed by atoms with Gasteiger partial charge in [0.15, 0.2) is 0 Å². The topological polar surface area (TPSA) is 20.3 Å². The minimum absolute atomic E-state index is 0.0596. The highest BCUT2D eigenvalue weighted by atomic mass is 19.1. The van der Waals surface area contributed by atoms with Crippen molar-refractivity contribution in [2.45, 2.75) is 77.0 Å². The average Bonchev–Trinajstić information content (AvgIpc) is 2.97. The molecular weight excluding hydrogens is 481 g/mol. The number of carbonyl (C=O) groups excluding carboxylic acids is 1. The molecule has 0 spiro atoms. The summed E-state index contributed by atoms with van der Waals surface area (Å²) in [5, 5.41) is 0. The number of benzene rings is 3. The highest BCUT2D eigenvalue weighted by molar-refractivity contribution is 5.86. The Bertz CT molecular complexity index is 1210. The summed E-state index contributed by atoms with van der Waals surface area (Å²) < 4.78 is 15.2. The summed E-state index contributed by atoms with van der Waals surface area (Å²) in [6, 6.07) is 22.5. The monoisotopic (exact) mass is 525 g/mol. The Morgan fingerprint density at radius 2 is 1.56 bits per heavy atom. The second kappa shape index (κ2) is 14.3. The molecule has 0 saturated heterocycles. The van der Waals surface area contributed by atoms with Crippen LogP contribution in [0.1, 0.15) is 81.8 Å². The fourth-order valence-electron chi connectivity index (χ4n) is 5.98. The maximum absolute atomic E-state index is 15.2. The standard InChI is InChI=1S/C36H44FNO/c1-4-6-7-9-27-11-15-29(16-12-27)30-19-21-31(22-20-30)33-23-24-34(35(37)26-33)32-17-13-28(14-18-32)10-8-25-38(3)36(39)5-2/h5,13-14,17-24,26-27,29H,2,4,6-12,15-16,25H2,1,3H3. The van der Waals surface area contributed by atoms with Gasteiger partial charge in [0.1, 0.15) is 5.82 Å². The van der Waals surface area contributed by atoms with E-state index in [9.17, 15) is 4.79 Å². The van der Waals surface area contributed by atoms with Gasteiger partial charge in [0.05, 0.1) is 0 Å². The average molecular weight is 526 g/mol. The first-order chi connectivity index (χ1) is 19.0. The summed E-state index contributed by atoms with van der Waals surface area (Å²) in [6.07, 6.45) is 13.9. The summed E-state index contributed by atoms with van der Waals surface area (Å²) in [4.78, 5) is 13.3. The Hall–Kier alpha value is -3.20. The van der Waals surface area contributed by atoms with Crippen LogP contribution in [0.15, 0.2) is 79.4 Å². The minimum atomic E-state index is -0.199. The minimum Gasteiger partial charge on any atom is -0.342 e. The number of rotatable bonds is 12. The summed E-state index contributed by atoms with van der Waals surface area (Å²) in [6.45, 7) is 6.49. The quantitative estimate of drug-likeness (QED) is 0.170. The second-order valence-corrected chi connectivity index (χ2v) is 11.3. The Kier molecular flexibility index (Phi) is 10.5. The van der Waals surface area contributed by atoms with E-state index >= 15 is 4.39 Å². The number of halogens is 1. The van der Waals surface area contributed by atoms with E-state index in [0.717, 1.165) is 35.4 Å². The smallest absolute Gasteiger partial charge is 0.245 e. The molecule has 0 aliphatic heterocycles. The second-order valence-electron chi connectivity index (χ2n) is 11.3. The van der Waals surface area contributed by atoms with Gasteiger partial charge in [-0.2, -0.15) is 0 Å². The summed E-state index contributed by atoms with van der Waals surface area (Å²) in [5.41, 5.74) is 6.09. The van der Waals surface area contributed by atoms with Crippen molar-refractivity contribution >= 4 is 5.91 Å². The van der Waals surface area contributed by atoms with Crippen LogP contribution in [0.4, 0.5) is 4.39 Å². The van der Waals surface area contributed by atoms with Crippen LogP contribution in [-0.2, 0) is 11.2 Å². The molecule has 3 aromatic rings. The molecule has 0 atom stereocenters. The molecule has 0 bridgehead atoms. The van der Waals surface area contributed by atoms with Gasteiger partial charge in [-0.25, -0.2) is 4.39 Å². The zero-order chi connectivity index (χ0) is 27.6. The molecule has 1 aliphatic carbocycles. The zero-order valence-corrected chi connectivity index (χ0v) is 23.8. The maximum Gasteiger partial charge on any atom is 0.245 e. The van der Waals surface area contributed by atoms with Gasteiger partial charge >= 0.3 is 0 Å². The number of carbonyl (C=O) groups is 1. The van der Waals surface area contributed by atoms with Crippen molar-refractivity contribution in [3.8, 4) is 22.3 Å². The molecule has 1 amide bonds. The maximum atomic E-state index is 15.2. The largest absolute Gasteiger partial charge is 0.342 e. The van der Waals surface area contributed by atoms with Crippen molar-refractivity contribution < 1.29 is 9.18 Å². The third-order valence-corrected chi connectivity index (χ3v) is 8.52. The summed E-state index contributed by atoms with van der Waals surface area (Å²) >= 11 is 0. The van der Waals surface area contributed by atoms with Gasteiger partial charge < -0.3 is 4.90 Å². The van der Waals surface area contributed by atoms with Gasteiger partial charge in [-0.15, -0.1) is 0 Å². The molecule has 3 heteroatoms. The van der Waals surface area contributed by atoms with Crippen LogP contribution in [0.5, 0.6) is 0 Å². The fourth-order valence-corrected chi connectivity index (χ4v) is 5.98. The summed E-state index contributed by atoms with van der Waals surface area (Å²) in [5.74, 6) is 1.33. The molecule has 39 heavy (non-hydrogen) atoms. The highest BCUT2D eigenvalue weighted by Gasteiger charge is 2.22. The van der Waals surface area contributed by atoms with E-state index in [1.807, 2.05) is 24.3 Å². The molecule has 1 saturated carbocycles. The van der Waals surface area contributed by atoms with E-state index in [0.29, 0.717) is 18.0 Å². The molecule has 1 aliphatic rings. The Morgan fingerprint density at radius 1 is 0.897 bits per heavy atom. The van der Waals surface area contributed by atoms with Gasteiger partial charge in [-0.3, -0.25) is 4.79 Å². The van der Waals surface area contributed by atoms with Crippen molar-refractivity contribution in [2.24, 2.45) is 5.92 Å². The molecule has 0 unspecified atom stereocenters. The molecule has 3 aromatic carbocycles. The van der Waals surface area contributed by atoms with Crippen LogP contribution in [-0.4, -0.2) is 24.4 Å². The first kappa shape index (κ1) is 28.8. The van der Waals surface area contributed by atoms with Gasteiger partial charge in [0.2, 0.25) is 5.91 Å². The Balaban J connectivity index is 1.33. The van der Waals surface area contributed by atoms with E-state index in [1.54, 1.807) is 18.0 Å². The molecule has 206 valence electrons. The lowest BCUT2D eigenvalue weighted by Crippen LogP contribution is -2.25. The predicted molar refractivity (Wildman–Crippen MR) is 162 cm³/mol. The van der Waals surface area contributed by atoms with E-state index in [2.05, 4.69) is 49.9 Å². The van der Waals surface area contributed by atoms with Crippen LogP contribution < -0.4 is 0 Å². The first-order valence-electron chi connectivity index (χ1n) is 14.8. The molecule has 4 rings (SSSR count). The summed E-state index contributed by atoms with van der Waals surface area (Å²) in [7, 11) is 1.79.